The standard InChI is InChI=1S/C18H30N2O2/c1-3-21-17-8-7-16(15-18(17)22-4-2)9-10-19-11-14-20-12-5-6-13-20/h7-8,15,19H,3-6,9-14H2,1-2H3. The molecule has 2 rings (SSSR count). The molecule has 1 fully saturated rings. The molecular formula is C18H30N2O2. The first-order chi connectivity index (χ1) is 10.8. The van der Waals surface area contributed by atoms with E-state index in [0.29, 0.717) is 13.2 Å². The minimum atomic E-state index is 0.664. The summed E-state index contributed by atoms with van der Waals surface area (Å²) in [5.74, 6) is 1.70. The van der Waals surface area contributed by atoms with Crippen LogP contribution in [-0.4, -0.2) is 50.8 Å². The maximum absolute atomic E-state index is 5.67. The van der Waals surface area contributed by atoms with Crippen LogP contribution < -0.4 is 14.8 Å². The smallest absolute Gasteiger partial charge is 0.161 e. The van der Waals surface area contributed by atoms with E-state index in [2.05, 4.69) is 22.3 Å². The van der Waals surface area contributed by atoms with Gasteiger partial charge in [-0.25, -0.2) is 0 Å². The molecule has 1 saturated heterocycles. The molecule has 1 N–H and O–H groups in total. The van der Waals surface area contributed by atoms with E-state index >= 15 is 0 Å². The highest BCUT2D eigenvalue weighted by Gasteiger charge is 2.10. The summed E-state index contributed by atoms with van der Waals surface area (Å²) in [6.07, 6.45) is 3.76. The topological polar surface area (TPSA) is 33.7 Å². The van der Waals surface area contributed by atoms with E-state index in [1.54, 1.807) is 0 Å². The van der Waals surface area contributed by atoms with E-state index in [1.165, 1.54) is 38.0 Å². The normalized spacial score (nSPS) is 15.2. The highest BCUT2D eigenvalue weighted by molar-refractivity contribution is 5.43. The van der Waals surface area contributed by atoms with Crippen LogP contribution in [0, 0.1) is 0 Å². The Hall–Kier alpha value is -1.26. The summed E-state index contributed by atoms with van der Waals surface area (Å²) < 4.78 is 11.3. The largest absolute Gasteiger partial charge is 0.490 e. The maximum atomic E-state index is 5.67. The lowest BCUT2D eigenvalue weighted by Crippen LogP contribution is -2.30. The Labute approximate surface area is 134 Å². The molecule has 0 aliphatic carbocycles. The summed E-state index contributed by atoms with van der Waals surface area (Å²) in [5, 5.41) is 3.54. The Morgan fingerprint density at radius 2 is 1.73 bits per heavy atom. The van der Waals surface area contributed by atoms with Crippen LogP contribution >= 0.6 is 0 Å². The lowest BCUT2D eigenvalue weighted by Gasteiger charge is -2.15. The third-order valence-electron chi connectivity index (χ3n) is 4.00. The van der Waals surface area contributed by atoms with Crippen LogP contribution in [0.2, 0.25) is 0 Å². The van der Waals surface area contributed by atoms with Gasteiger partial charge in [0.15, 0.2) is 11.5 Å². The fourth-order valence-electron chi connectivity index (χ4n) is 2.85. The van der Waals surface area contributed by atoms with Crippen LogP contribution in [0.1, 0.15) is 32.3 Å². The van der Waals surface area contributed by atoms with Crippen molar-refractivity contribution in [3.05, 3.63) is 23.8 Å². The number of rotatable bonds is 10. The molecule has 124 valence electrons. The highest BCUT2D eigenvalue weighted by Crippen LogP contribution is 2.28. The van der Waals surface area contributed by atoms with Gasteiger partial charge in [0.05, 0.1) is 13.2 Å². The van der Waals surface area contributed by atoms with Gasteiger partial charge in [0.25, 0.3) is 0 Å². The zero-order chi connectivity index (χ0) is 15.6. The molecule has 22 heavy (non-hydrogen) atoms. The van der Waals surface area contributed by atoms with Gasteiger partial charge >= 0.3 is 0 Å². The van der Waals surface area contributed by atoms with E-state index < -0.39 is 0 Å². The van der Waals surface area contributed by atoms with Crippen molar-refractivity contribution in [1.29, 1.82) is 0 Å². The first-order valence-corrected chi connectivity index (χ1v) is 8.65. The molecule has 0 atom stereocenters. The molecule has 1 aliphatic rings. The molecule has 4 nitrogen and oxygen atoms in total. The van der Waals surface area contributed by atoms with Gasteiger partial charge in [0, 0.05) is 13.1 Å². The molecular weight excluding hydrogens is 276 g/mol. The van der Waals surface area contributed by atoms with E-state index in [0.717, 1.165) is 31.0 Å². The number of nitrogens with one attached hydrogen (secondary N) is 1. The van der Waals surface area contributed by atoms with E-state index in [-0.39, 0.29) is 0 Å². The predicted molar refractivity (Wildman–Crippen MR) is 91.0 cm³/mol. The molecule has 4 heteroatoms. The SMILES string of the molecule is CCOc1ccc(CCNCCN2CCCC2)cc1OCC. The Bertz CT molecular complexity index is 431. The Balaban J connectivity index is 1.73. The van der Waals surface area contributed by atoms with Crippen LogP contribution in [0.3, 0.4) is 0 Å². The molecule has 0 aromatic heterocycles. The van der Waals surface area contributed by atoms with Crippen LogP contribution in [0.4, 0.5) is 0 Å². The molecule has 0 spiro atoms. The van der Waals surface area contributed by atoms with Crippen LogP contribution in [0.25, 0.3) is 0 Å². The Morgan fingerprint density at radius 1 is 1.00 bits per heavy atom. The second kappa shape index (κ2) is 9.70. The first-order valence-electron chi connectivity index (χ1n) is 8.65. The van der Waals surface area contributed by atoms with Crippen molar-refractivity contribution in [1.82, 2.24) is 10.2 Å². The van der Waals surface area contributed by atoms with Crippen molar-refractivity contribution < 1.29 is 9.47 Å². The quantitative estimate of drug-likeness (QED) is 0.674. The van der Waals surface area contributed by atoms with Crippen molar-refractivity contribution >= 4 is 0 Å². The molecule has 0 saturated carbocycles. The molecule has 0 radical (unpaired) electrons. The van der Waals surface area contributed by atoms with Crippen molar-refractivity contribution in [2.45, 2.75) is 33.1 Å². The molecule has 1 aliphatic heterocycles. The maximum Gasteiger partial charge on any atom is 0.161 e. The van der Waals surface area contributed by atoms with Gasteiger partial charge in [-0.3, -0.25) is 0 Å². The second-order valence-electron chi connectivity index (χ2n) is 5.70. The monoisotopic (exact) mass is 306 g/mol. The predicted octanol–water partition coefficient (Wildman–Crippen LogP) is 2.71. The van der Waals surface area contributed by atoms with Crippen molar-refractivity contribution in [3.63, 3.8) is 0 Å². The summed E-state index contributed by atoms with van der Waals surface area (Å²) in [6, 6.07) is 6.26. The van der Waals surface area contributed by atoms with Crippen LogP contribution in [0.5, 0.6) is 11.5 Å². The van der Waals surface area contributed by atoms with Gasteiger partial charge in [0.1, 0.15) is 0 Å². The van der Waals surface area contributed by atoms with Crippen LogP contribution in [-0.2, 0) is 6.42 Å². The summed E-state index contributed by atoms with van der Waals surface area (Å²) in [4.78, 5) is 2.54. The van der Waals surface area contributed by atoms with Gasteiger partial charge < -0.3 is 19.7 Å². The second-order valence-corrected chi connectivity index (χ2v) is 5.70. The number of ether oxygens (including phenoxy) is 2. The first kappa shape index (κ1) is 17.1. The minimum Gasteiger partial charge on any atom is -0.490 e. The molecule has 0 bridgehead atoms. The van der Waals surface area contributed by atoms with Crippen LogP contribution in [0.15, 0.2) is 18.2 Å². The van der Waals surface area contributed by atoms with Crippen molar-refractivity contribution in [2.24, 2.45) is 0 Å². The van der Waals surface area contributed by atoms with Gasteiger partial charge in [-0.2, -0.15) is 0 Å². The van der Waals surface area contributed by atoms with E-state index in [4.69, 9.17) is 9.47 Å². The Kier molecular flexibility index (Phi) is 7.54. The zero-order valence-electron chi connectivity index (χ0n) is 14.1. The van der Waals surface area contributed by atoms with Crippen molar-refractivity contribution in [2.75, 3.05) is 45.9 Å². The Morgan fingerprint density at radius 3 is 2.45 bits per heavy atom. The van der Waals surface area contributed by atoms with Gasteiger partial charge in [-0.05, 0) is 70.4 Å². The number of benzene rings is 1. The minimum absolute atomic E-state index is 0.664. The third kappa shape index (κ3) is 5.50. The fraction of sp³-hybridized carbons (Fsp3) is 0.667. The van der Waals surface area contributed by atoms with Gasteiger partial charge in [-0.15, -0.1) is 0 Å². The number of hydrogen-bond donors (Lipinski definition) is 1. The lowest BCUT2D eigenvalue weighted by atomic mass is 10.1. The summed E-state index contributed by atoms with van der Waals surface area (Å²) in [7, 11) is 0. The van der Waals surface area contributed by atoms with Crippen molar-refractivity contribution in [3.8, 4) is 11.5 Å². The summed E-state index contributed by atoms with van der Waals surface area (Å²) in [5.41, 5.74) is 1.29. The molecule has 1 aromatic rings. The van der Waals surface area contributed by atoms with Gasteiger partial charge in [0.2, 0.25) is 0 Å². The number of nitrogens with zero attached hydrogens (tertiary/aromatic N) is 1. The fourth-order valence-corrected chi connectivity index (χ4v) is 2.85. The lowest BCUT2D eigenvalue weighted by molar-refractivity contribution is 0.287. The number of hydrogen-bond acceptors (Lipinski definition) is 4. The number of likely N-dealkylation sites (tertiary alicyclic amines) is 1. The summed E-state index contributed by atoms with van der Waals surface area (Å²) >= 11 is 0. The van der Waals surface area contributed by atoms with E-state index in [9.17, 15) is 0 Å². The average molecular weight is 306 g/mol. The average Bonchev–Trinajstić information content (AvgIpc) is 3.03. The molecule has 1 heterocycles. The third-order valence-corrected chi connectivity index (χ3v) is 4.00. The molecule has 1 aromatic carbocycles. The zero-order valence-corrected chi connectivity index (χ0v) is 14.1. The summed E-state index contributed by atoms with van der Waals surface area (Å²) in [6.45, 7) is 11.1. The van der Waals surface area contributed by atoms with E-state index in [1.807, 2.05) is 19.9 Å². The molecule has 0 unspecified atom stereocenters. The van der Waals surface area contributed by atoms with Gasteiger partial charge in [-0.1, -0.05) is 6.07 Å². The molecule has 0 amide bonds. The highest BCUT2D eigenvalue weighted by atomic mass is 16.5.